The maximum Gasteiger partial charge on any atom is 0.306 e. The first kappa shape index (κ1) is 25.9. The lowest BCUT2D eigenvalue weighted by molar-refractivity contribution is -0.151. The molecule has 0 aliphatic rings. The number of unbranched alkanes of at least 4 members (excludes halogenated alkanes) is 7. The topological polar surface area (TPSA) is 61.8 Å². The van der Waals surface area contributed by atoms with E-state index in [0.29, 0.717) is 25.7 Å². The van der Waals surface area contributed by atoms with Gasteiger partial charge in [-0.15, -0.1) is 0 Å². The Morgan fingerprint density at radius 3 is 1.96 bits per heavy atom. The highest BCUT2D eigenvalue weighted by molar-refractivity contribution is 5.77. The molecule has 0 N–H and O–H groups in total. The van der Waals surface area contributed by atoms with E-state index >= 15 is 0 Å². The van der Waals surface area contributed by atoms with Crippen molar-refractivity contribution in [3.8, 4) is 0 Å². The molecule has 1 atom stereocenters. The molecule has 27 heavy (non-hydrogen) atoms. The van der Waals surface area contributed by atoms with Crippen LogP contribution in [-0.4, -0.2) is 38.9 Å². The fraction of sp³-hybridized carbons (Fsp3) is 0.909. The van der Waals surface area contributed by atoms with E-state index in [9.17, 15) is 9.59 Å². The van der Waals surface area contributed by atoms with E-state index in [0.717, 1.165) is 32.1 Å². The van der Waals surface area contributed by atoms with Gasteiger partial charge >= 0.3 is 11.9 Å². The van der Waals surface area contributed by atoms with Crippen LogP contribution in [0.3, 0.4) is 0 Å². The van der Waals surface area contributed by atoms with E-state index in [-0.39, 0.29) is 24.8 Å². The van der Waals surface area contributed by atoms with Crippen molar-refractivity contribution in [3.63, 3.8) is 0 Å². The number of ether oxygens (including phenoxy) is 3. The van der Waals surface area contributed by atoms with Crippen molar-refractivity contribution >= 4 is 11.9 Å². The lowest BCUT2D eigenvalue weighted by Gasteiger charge is -2.16. The van der Waals surface area contributed by atoms with Crippen LogP contribution in [-0.2, 0) is 23.8 Å². The predicted molar refractivity (Wildman–Crippen MR) is 109 cm³/mol. The summed E-state index contributed by atoms with van der Waals surface area (Å²) in [4.78, 5) is 23.6. The van der Waals surface area contributed by atoms with Gasteiger partial charge in [0.25, 0.3) is 0 Å². The largest absolute Gasteiger partial charge is 0.466 e. The number of rotatable bonds is 19. The summed E-state index contributed by atoms with van der Waals surface area (Å²) in [7, 11) is 1.69. The summed E-state index contributed by atoms with van der Waals surface area (Å²) in [5.41, 5.74) is 0. The Kier molecular flexibility index (Phi) is 18.9. The zero-order valence-electron chi connectivity index (χ0n) is 17.9. The molecule has 0 aliphatic heterocycles. The van der Waals surface area contributed by atoms with Crippen molar-refractivity contribution < 1.29 is 23.8 Å². The van der Waals surface area contributed by atoms with Gasteiger partial charge in [-0.2, -0.15) is 0 Å². The van der Waals surface area contributed by atoms with Gasteiger partial charge in [-0.25, -0.2) is 0 Å². The molecule has 0 fully saturated rings. The quantitative estimate of drug-likeness (QED) is 0.218. The molecule has 0 aromatic heterocycles. The van der Waals surface area contributed by atoms with Crippen LogP contribution in [0.15, 0.2) is 0 Å². The molecule has 0 amide bonds. The summed E-state index contributed by atoms with van der Waals surface area (Å²) in [6, 6.07) is 0. The maximum absolute atomic E-state index is 11.9. The van der Waals surface area contributed by atoms with Gasteiger partial charge in [0.15, 0.2) is 0 Å². The molecule has 0 spiro atoms. The van der Waals surface area contributed by atoms with E-state index in [1.807, 2.05) is 0 Å². The molecule has 5 nitrogen and oxygen atoms in total. The van der Waals surface area contributed by atoms with Gasteiger partial charge in [-0.1, -0.05) is 65.2 Å². The molecule has 0 bridgehead atoms. The number of methoxy groups -OCH3 is 1. The summed E-state index contributed by atoms with van der Waals surface area (Å²) < 4.78 is 15.7. The fourth-order valence-electron chi connectivity index (χ4n) is 2.91. The third-order valence-corrected chi connectivity index (χ3v) is 4.72. The summed E-state index contributed by atoms with van der Waals surface area (Å²) >= 11 is 0. The first-order valence-corrected chi connectivity index (χ1v) is 10.9. The van der Waals surface area contributed by atoms with Gasteiger partial charge in [-0.05, 0) is 25.2 Å². The molecule has 0 rings (SSSR count). The zero-order chi connectivity index (χ0) is 20.2. The zero-order valence-corrected chi connectivity index (χ0v) is 17.9. The van der Waals surface area contributed by atoms with Crippen molar-refractivity contribution in [2.24, 2.45) is 5.92 Å². The average molecular weight is 387 g/mol. The summed E-state index contributed by atoms with van der Waals surface area (Å²) in [5.74, 6) is -0.288. The van der Waals surface area contributed by atoms with Gasteiger partial charge in [-0.3, -0.25) is 9.59 Å². The minimum Gasteiger partial charge on any atom is -0.466 e. The van der Waals surface area contributed by atoms with Crippen LogP contribution in [0.4, 0.5) is 0 Å². The van der Waals surface area contributed by atoms with Crippen molar-refractivity contribution in [1.29, 1.82) is 0 Å². The molecule has 0 radical (unpaired) electrons. The molecule has 0 aliphatic carbocycles. The molecule has 0 aromatic carbocycles. The predicted octanol–water partition coefficient (Wildman–Crippen LogP) is 5.45. The summed E-state index contributed by atoms with van der Waals surface area (Å²) in [6.45, 7) is 5.92. The Labute approximate surface area is 166 Å². The molecular weight excluding hydrogens is 344 g/mol. The molecule has 0 aromatic rings. The number of carbonyl (C=O) groups excluding carboxylic acids is 2. The first-order chi connectivity index (χ1) is 13.1. The van der Waals surface area contributed by atoms with Crippen LogP contribution >= 0.6 is 0 Å². The molecule has 0 saturated heterocycles. The Balaban J connectivity index is 3.77. The minimum atomic E-state index is -0.315. The Hall–Kier alpha value is -1.10. The van der Waals surface area contributed by atoms with E-state index in [2.05, 4.69) is 13.8 Å². The molecule has 0 heterocycles. The number of esters is 2. The first-order valence-electron chi connectivity index (χ1n) is 10.9. The molecule has 0 saturated carbocycles. The van der Waals surface area contributed by atoms with Crippen molar-refractivity contribution in [1.82, 2.24) is 0 Å². The highest BCUT2D eigenvalue weighted by Gasteiger charge is 2.14. The lowest BCUT2D eigenvalue weighted by atomic mass is 9.99. The van der Waals surface area contributed by atoms with Crippen LogP contribution in [0.2, 0.25) is 0 Å². The highest BCUT2D eigenvalue weighted by atomic mass is 16.5. The monoisotopic (exact) mass is 386 g/mol. The average Bonchev–Trinajstić information content (AvgIpc) is 2.67. The number of hydrogen-bond donors (Lipinski definition) is 0. The molecular formula is C22H42O5. The number of carbonyl (C=O) groups is 2. The van der Waals surface area contributed by atoms with Crippen molar-refractivity contribution in [3.05, 3.63) is 0 Å². The van der Waals surface area contributed by atoms with Gasteiger partial charge in [0, 0.05) is 13.7 Å². The van der Waals surface area contributed by atoms with Gasteiger partial charge in [0.2, 0.25) is 0 Å². The fourth-order valence-corrected chi connectivity index (χ4v) is 2.91. The van der Waals surface area contributed by atoms with E-state index in [1.54, 1.807) is 7.11 Å². The normalized spacial score (nSPS) is 12.0. The van der Waals surface area contributed by atoms with E-state index < -0.39 is 0 Å². The standard InChI is InChI=1S/C22H42O5/c1-4-6-8-9-10-12-17-26-21(23)14-15-22(24)27-19-20(16-18-25-3)13-11-7-5-2/h20H,4-19H2,1-3H3. The lowest BCUT2D eigenvalue weighted by Crippen LogP contribution is -2.17. The maximum atomic E-state index is 11.9. The Morgan fingerprint density at radius 1 is 0.704 bits per heavy atom. The van der Waals surface area contributed by atoms with Crippen molar-refractivity contribution in [2.45, 2.75) is 97.3 Å². The van der Waals surface area contributed by atoms with Gasteiger partial charge in [0.05, 0.1) is 26.1 Å². The van der Waals surface area contributed by atoms with Crippen LogP contribution in [0, 0.1) is 5.92 Å². The second-order valence-corrected chi connectivity index (χ2v) is 7.31. The second kappa shape index (κ2) is 19.7. The molecule has 5 heteroatoms. The minimum absolute atomic E-state index is 0.0985. The van der Waals surface area contributed by atoms with Crippen LogP contribution in [0.1, 0.15) is 97.3 Å². The number of hydrogen-bond acceptors (Lipinski definition) is 5. The van der Waals surface area contributed by atoms with Crippen LogP contribution in [0.25, 0.3) is 0 Å². The van der Waals surface area contributed by atoms with Gasteiger partial charge in [0.1, 0.15) is 0 Å². The van der Waals surface area contributed by atoms with Gasteiger partial charge < -0.3 is 14.2 Å². The smallest absolute Gasteiger partial charge is 0.306 e. The molecule has 1 unspecified atom stereocenters. The van der Waals surface area contributed by atoms with E-state index in [4.69, 9.17) is 14.2 Å². The third kappa shape index (κ3) is 18.0. The van der Waals surface area contributed by atoms with E-state index in [1.165, 1.54) is 38.5 Å². The Bertz CT molecular complexity index is 357. The SMILES string of the molecule is CCCCCCCCOC(=O)CCC(=O)OCC(CCCCC)CCOC. The summed E-state index contributed by atoms with van der Waals surface area (Å²) in [5, 5.41) is 0. The molecule has 160 valence electrons. The third-order valence-electron chi connectivity index (χ3n) is 4.72. The Morgan fingerprint density at radius 2 is 1.30 bits per heavy atom. The summed E-state index contributed by atoms with van der Waals surface area (Å²) in [6.07, 6.45) is 12.6. The highest BCUT2D eigenvalue weighted by Crippen LogP contribution is 2.15. The van der Waals surface area contributed by atoms with Crippen LogP contribution < -0.4 is 0 Å². The second-order valence-electron chi connectivity index (χ2n) is 7.31. The van der Waals surface area contributed by atoms with Crippen LogP contribution in [0.5, 0.6) is 0 Å². The van der Waals surface area contributed by atoms with Crippen molar-refractivity contribution in [2.75, 3.05) is 26.9 Å².